The van der Waals surface area contributed by atoms with Crippen molar-refractivity contribution in [3.05, 3.63) is 60.2 Å². The first-order valence-corrected chi connectivity index (χ1v) is 8.46. The third-order valence-corrected chi connectivity index (χ3v) is 5.04. The highest BCUT2D eigenvalue weighted by Gasteiger charge is 2.01. The molecule has 0 saturated heterocycles. The molecule has 0 unspecified atom stereocenters. The predicted octanol–water partition coefficient (Wildman–Crippen LogP) is 5.88. The molecule has 0 bridgehead atoms. The van der Waals surface area contributed by atoms with E-state index in [4.69, 9.17) is 0 Å². The summed E-state index contributed by atoms with van der Waals surface area (Å²) in [7, 11) is 3.52. The first-order chi connectivity index (χ1) is 9.28. The van der Waals surface area contributed by atoms with Crippen molar-refractivity contribution < 1.29 is 0 Å². The molecule has 0 aliphatic heterocycles. The standard InChI is InChI=1S/C16H17NS2/c1-3-16(17-14-9-5-4-6-10-14)19-18-15-11-7-8-13(2)12-15/h4-12H,3H2,1-2H3. The monoisotopic (exact) mass is 287 g/mol. The molecule has 0 aromatic heterocycles. The maximum Gasteiger partial charge on any atom is 0.0845 e. The van der Waals surface area contributed by atoms with Crippen molar-refractivity contribution in [2.75, 3.05) is 0 Å². The zero-order valence-electron chi connectivity index (χ0n) is 11.2. The van der Waals surface area contributed by atoms with Crippen LogP contribution in [0, 0.1) is 6.92 Å². The number of benzene rings is 2. The molecular formula is C16H17NS2. The number of nitrogens with zero attached hydrogens (tertiary/aromatic N) is 1. The van der Waals surface area contributed by atoms with E-state index >= 15 is 0 Å². The molecule has 0 saturated carbocycles. The van der Waals surface area contributed by atoms with Crippen LogP contribution >= 0.6 is 21.6 Å². The van der Waals surface area contributed by atoms with Crippen molar-refractivity contribution >= 4 is 32.3 Å². The molecule has 2 aromatic carbocycles. The molecule has 0 aliphatic carbocycles. The molecule has 98 valence electrons. The van der Waals surface area contributed by atoms with Crippen molar-refractivity contribution in [3.63, 3.8) is 0 Å². The lowest BCUT2D eigenvalue weighted by Crippen LogP contribution is -1.85. The highest BCUT2D eigenvalue weighted by molar-refractivity contribution is 8.82. The summed E-state index contributed by atoms with van der Waals surface area (Å²) >= 11 is 0. The summed E-state index contributed by atoms with van der Waals surface area (Å²) in [4.78, 5) is 5.95. The molecule has 2 rings (SSSR count). The first-order valence-electron chi connectivity index (χ1n) is 6.31. The maximum atomic E-state index is 4.67. The van der Waals surface area contributed by atoms with Crippen LogP contribution in [0.5, 0.6) is 0 Å². The second-order valence-corrected chi connectivity index (χ2v) is 6.45. The molecule has 3 heteroatoms. The van der Waals surface area contributed by atoms with Gasteiger partial charge in [-0.1, -0.05) is 48.0 Å². The fourth-order valence-corrected chi connectivity index (χ4v) is 3.74. The molecule has 0 amide bonds. The maximum absolute atomic E-state index is 4.67. The number of hydrogen-bond donors (Lipinski definition) is 0. The van der Waals surface area contributed by atoms with Gasteiger partial charge in [-0.25, -0.2) is 4.99 Å². The van der Waals surface area contributed by atoms with Crippen LogP contribution in [0.25, 0.3) is 0 Å². The van der Waals surface area contributed by atoms with Crippen LogP contribution in [-0.4, -0.2) is 5.04 Å². The molecule has 2 aromatic rings. The van der Waals surface area contributed by atoms with Gasteiger partial charge >= 0.3 is 0 Å². The Balaban J connectivity index is 2.02. The van der Waals surface area contributed by atoms with Gasteiger partial charge < -0.3 is 0 Å². The van der Waals surface area contributed by atoms with Crippen molar-refractivity contribution in [1.29, 1.82) is 0 Å². The summed E-state index contributed by atoms with van der Waals surface area (Å²) in [6.45, 7) is 4.26. The molecule has 0 radical (unpaired) electrons. The topological polar surface area (TPSA) is 12.4 Å². The molecule has 1 nitrogen and oxygen atoms in total. The second kappa shape index (κ2) is 7.41. The third kappa shape index (κ3) is 4.77. The van der Waals surface area contributed by atoms with Crippen LogP contribution < -0.4 is 0 Å². The first kappa shape index (κ1) is 14.2. The lowest BCUT2D eigenvalue weighted by atomic mass is 10.2. The van der Waals surface area contributed by atoms with Crippen LogP contribution in [0.2, 0.25) is 0 Å². The molecular weight excluding hydrogens is 270 g/mol. The van der Waals surface area contributed by atoms with Crippen molar-refractivity contribution in [2.45, 2.75) is 25.2 Å². The summed E-state index contributed by atoms with van der Waals surface area (Å²) in [6, 6.07) is 18.7. The van der Waals surface area contributed by atoms with Crippen molar-refractivity contribution in [1.82, 2.24) is 0 Å². The van der Waals surface area contributed by atoms with E-state index in [2.05, 4.69) is 43.1 Å². The summed E-state index contributed by atoms with van der Waals surface area (Å²) in [5.74, 6) is 0. The average molecular weight is 287 g/mol. The Bertz CT molecular complexity index is 550. The van der Waals surface area contributed by atoms with Crippen LogP contribution in [0.15, 0.2) is 64.5 Å². The molecule has 0 spiro atoms. The molecule has 19 heavy (non-hydrogen) atoms. The molecule has 0 aliphatic rings. The SMILES string of the molecule is CCC(=Nc1ccccc1)SSc1cccc(C)c1. The van der Waals surface area contributed by atoms with E-state index in [0.29, 0.717) is 0 Å². The Hall–Kier alpha value is -1.19. The minimum absolute atomic E-state index is 0.957. The third-order valence-electron chi connectivity index (χ3n) is 2.54. The highest BCUT2D eigenvalue weighted by Crippen LogP contribution is 2.34. The zero-order valence-corrected chi connectivity index (χ0v) is 12.8. The Morgan fingerprint density at radius 3 is 2.53 bits per heavy atom. The van der Waals surface area contributed by atoms with E-state index in [1.54, 1.807) is 21.6 Å². The molecule has 0 atom stereocenters. The van der Waals surface area contributed by atoms with Gasteiger partial charge in [0.05, 0.1) is 10.7 Å². The minimum Gasteiger partial charge on any atom is -0.246 e. The van der Waals surface area contributed by atoms with Gasteiger partial charge in [0.1, 0.15) is 0 Å². The lowest BCUT2D eigenvalue weighted by Gasteiger charge is -2.04. The second-order valence-electron chi connectivity index (χ2n) is 4.18. The largest absolute Gasteiger partial charge is 0.246 e. The van der Waals surface area contributed by atoms with E-state index in [-0.39, 0.29) is 0 Å². The summed E-state index contributed by atoms with van der Waals surface area (Å²) in [5, 5.41) is 1.15. The van der Waals surface area contributed by atoms with Gasteiger partial charge in [0, 0.05) is 4.90 Å². The minimum atomic E-state index is 0.957. The predicted molar refractivity (Wildman–Crippen MR) is 88.5 cm³/mol. The number of para-hydroxylation sites is 1. The van der Waals surface area contributed by atoms with E-state index in [1.165, 1.54) is 10.5 Å². The number of aliphatic imine (C=N–C) groups is 1. The Morgan fingerprint density at radius 1 is 1.05 bits per heavy atom. The highest BCUT2D eigenvalue weighted by atomic mass is 33.1. The Labute approximate surface area is 122 Å². The smallest absolute Gasteiger partial charge is 0.0845 e. The fourth-order valence-electron chi connectivity index (χ4n) is 1.57. The van der Waals surface area contributed by atoms with E-state index < -0.39 is 0 Å². The quantitative estimate of drug-likeness (QED) is 0.396. The van der Waals surface area contributed by atoms with Gasteiger partial charge in [-0.2, -0.15) is 0 Å². The van der Waals surface area contributed by atoms with Crippen LogP contribution in [0.3, 0.4) is 0 Å². The van der Waals surface area contributed by atoms with E-state index in [1.807, 2.05) is 30.3 Å². The summed E-state index contributed by atoms with van der Waals surface area (Å²) in [5.41, 5.74) is 2.32. The van der Waals surface area contributed by atoms with Crippen LogP contribution in [0.4, 0.5) is 5.69 Å². The molecule has 0 heterocycles. The van der Waals surface area contributed by atoms with Crippen molar-refractivity contribution in [2.24, 2.45) is 4.99 Å². The van der Waals surface area contributed by atoms with Gasteiger partial charge in [0.25, 0.3) is 0 Å². The summed E-state index contributed by atoms with van der Waals surface area (Å²) in [6.07, 6.45) is 0.957. The van der Waals surface area contributed by atoms with Crippen molar-refractivity contribution in [3.8, 4) is 0 Å². The number of aryl methyl sites for hydroxylation is 1. The van der Waals surface area contributed by atoms with E-state index in [0.717, 1.165) is 17.2 Å². The average Bonchev–Trinajstić information content (AvgIpc) is 2.44. The van der Waals surface area contributed by atoms with Gasteiger partial charge in [-0.15, -0.1) is 0 Å². The fraction of sp³-hybridized carbons (Fsp3) is 0.188. The molecule has 0 N–H and O–H groups in total. The number of hydrogen-bond acceptors (Lipinski definition) is 3. The van der Waals surface area contributed by atoms with Gasteiger partial charge in [0.15, 0.2) is 0 Å². The normalized spacial score (nSPS) is 11.6. The van der Waals surface area contributed by atoms with Gasteiger partial charge in [-0.05, 0) is 54.0 Å². The van der Waals surface area contributed by atoms with Crippen LogP contribution in [-0.2, 0) is 0 Å². The zero-order chi connectivity index (χ0) is 13.5. The number of rotatable bonds is 4. The summed E-state index contributed by atoms with van der Waals surface area (Å²) < 4.78 is 0. The van der Waals surface area contributed by atoms with Gasteiger partial charge in [-0.3, -0.25) is 0 Å². The molecule has 0 fully saturated rings. The van der Waals surface area contributed by atoms with Crippen LogP contribution in [0.1, 0.15) is 18.9 Å². The Morgan fingerprint density at radius 2 is 1.84 bits per heavy atom. The lowest BCUT2D eigenvalue weighted by molar-refractivity contribution is 1.30. The van der Waals surface area contributed by atoms with Gasteiger partial charge in [0.2, 0.25) is 0 Å². The Kier molecular flexibility index (Phi) is 5.55. The van der Waals surface area contributed by atoms with E-state index in [9.17, 15) is 0 Å².